The molecule has 4 nitrogen and oxygen atoms in total. The Hall–Kier alpha value is -1.10. The van der Waals surface area contributed by atoms with E-state index in [1.54, 1.807) is 0 Å². The molecule has 0 aliphatic carbocycles. The fourth-order valence-corrected chi connectivity index (χ4v) is 2.49. The second kappa shape index (κ2) is 4.88. The average Bonchev–Trinajstić information content (AvgIpc) is 2.44. The highest BCUT2D eigenvalue weighted by molar-refractivity contribution is 6.38. The van der Waals surface area contributed by atoms with Crippen LogP contribution < -0.4 is 4.90 Å². The van der Waals surface area contributed by atoms with Crippen molar-refractivity contribution in [3.05, 3.63) is 28.5 Å². The maximum Gasteiger partial charge on any atom is 0.159 e. The average molecular weight is 284 g/mol. The zero-order valence-corrected chi connectivity index (χ0v) is 11.1. The lowest BCUT2D eigenvalue weighted by Crippen LogP contribution is -2.36. The first-order valence-electron chi connectivity index (χ1n) is 5.70. The molecule has 0 amide bonds. The Bertz CT molecular complexity index is 585. The molecule has 0 atom stereocenters. The number of fused-ring (bicyclic) bond motifs is 1. The van der Waals surface area contributed by atoms with Gasteiger partial charge in [0.2, 0.25) is 0 Å². The molecule has 0 unspecified atom stereocenters. The van der Waals surface area contributed by atoms with Gasteiger partial charge in [-0.3, -0.25) is 0 Å². The van der Waals surface area contributed by atoms with E-state index in [0.29, 0.717) is 10.3 Å². The van der Waals surface area contributed by atoms with E-state index in [2.05, 4.69) is 15.1 Å². The quantitative estimate of drug-likeness (QED) is 0.807. The third kappa shape index (κ3) is 2.11. The smallest absolute Gasteiger partial charge is 0.159 e. The van der Waals surface area contributed by atoms with Gasteiger partial charge in [-0.2, -0.15) is 0 Å². The molecule has 18 heavy (non-hydrogen) atoms. The highest BCUT2D eigenvalue weighted by atomic mass is 35.5. The van der Waals surface area contributed by atoms with Crippen molar-refractivity contribution in [1.82, 2.24) is 10.2 Å². The molecule has 2 heterocycles. The van der Waals surface area contributed by atoms with E-state index in [1.807, 2.05) is 18.2 Å². The predicted octanol–water partition coefficient (Wildman–Crippen LogP) is 2.77. The Labute approximate surface area is 114 Å². The number of benzene rings is 1. The monoisotopic (exact) mass is 283 g/mol. The normalized spacial score (nSPS) is 16.2. The minimum absolute atomic E-state index is 0.378. The molecule has 1 aliphatic rings. The summed E-state index contributed by atoms with van der Waals surface area (Å²) in [5.74, 6) is 0. The van der Waals surface area contributed by atoms with Crippen LogP contribution in [0.25, 0.3) is 10.8 Å². The van der Waals surface area contributed by atoms with Gasteiger partial charge in [-0.15, -0.1) is 10.2 Å². The number of morpholine rings is 1. The molecule has 1 aromatic heterocycles. The first kappa shape index (κ1) is 12.0. The fourth-order valence-electron chi connectivity index (χ4n) is 2.10. The molecular formula is C12H11Cl2N3O. The summed E-state index contributed by atoms with van der Waals surface area (Å²) >= 11 is 12.1. The van der Waals surface area contributed by atoms with E-state index in [9.17, 15) is 0 Å². The molecule has 1 aromatic carbocycles. The van der Waals surface area contributed by atoms with Gasteiger partial charge < -0.3 is 9.64 Å². The highest BCUT2D eigenvalue weighted by Gasteiger charge is 2.13. The van der Waals surface area contributed by atoms with Crippen LogP contribution >= 0.6 is 23.2 Å². The summed E-state index contributed by atoms with van der Waals surface area (Å²) in [6, 6.07) is 5.96. The Balaban J connectivity index is 2.07. The van der Waals surface area contributed by atoms with Crippen LogP contribution in [0.2, 0.25) is 10.3 Å². The van der Waals surface area contributed by atoms with Crippen molar-refractivity contribution in [3.8, 4) is 0 Å². The first-order chi connectivity index (χ1) is 8.75. The van der Waals surface area contributed by atoms with Crippen LogP contribution in [0.5, 0.6) is 0 Å². The molecule has 3 rings (SSSR count). The van der Waals surface area contributed by atoms with E-state index in [1.165, 1.54) is 0 Å². The van der Waals surface area contributed by atoms with Crippen molar-refractivity contribution < 1.29 is 4.74 Å². The Morgan fingerprint density at radius 2 is 1.67 bits per heavy atom. The largest absolute Gasteiger partial charge is 0.378 e. The summed E-state index contributed by atoms with van der Waals surface area (Å²) in [4.78, 5) is 2.26. The lowest BCUT2D eigenvalue weighted by atomic mass is 10.1. The van der Waals surface area contributed by atoms with Gasteiger partial charge in [0.05, 0.1) is 13.2 Å². The molecule has 0 radical (unpaired) electrons. The first-order valence-corrected chi connectivity index (χ1v) is 6.45. The number of aromatic nitrogens is 2. The number of hydrogen-bond acceptors (Lipinski definition) is 4. The van der Waals surface area contributed by atoms with E-state index in [-0.39, 0.29) is 0 Å². The molecule has 1 fully saturated rings. The van der Waals surface area contributed by atoms with Gasteiger partial charge in [0.15, 0.2) is 10.3 Å². The van der Waals surface area contributed by atoms with Crippen LogP contribution in [0.1, 0.15) is 0 Å². The number of nitrogens with zero attached hydrogens (tertiary/aromatic N) is 3. The number of anilines is 1. The standard InChI is InChI=1S/C12H11Cl2N3O/c13-11-9-2-1-8(17-3-5-18-6-4-17)7-10(9)12(14)16-15-11/h1-2,7H,3-6H2. The predicted molar refractivity (Wildman–Crippen MR) is 72.6 cm³/mol. The maximum absolute atomic E-state index is 6.06. The van der Waals surface area contributed by atoms with Crippen LogP contribution in [0.4, 0.5) is 5.69 Å². The summed E-state index contributed by atoms with van der Waals surface area (Å²) in [6.45, 7) is 3.27. The number of rotatable bonds is 1. The molecule has 0 saturated carbocycles. The summed E-state index contributed by atoms with van der Waals surface area (Å²) in [6.07, 6.45) is 0. The Kier molecular flexibility index (Phi) is 3.24. The van der Waals surface area contributed by atoms with Gasteiger partial charge in [0.1, 0.15) is 0 Å². The summed E-state index contributed by atoms with van der Waals surface area (Å²) < 4.78 is 5.34. The van der Waals surface area contributed by atoms with Gasteiger partial charge in [0, 0.05) is 29.5 Å². The third-order valence-electron chi connectivity index (χ3n) is 3.05. The van der Waals surface area contributed by atoms with Gasteiger partial charge in [0.25, 0.3) is 0 Å². The number of halogens is 2. The van der Waals surface area contributed by atoms with Gasteiger partial charge in [-0.1, -0.05) is 23.2 Å². The SMILES string of the molecule is Clc1nnc(Cl)c2cc(N3CCOCC3)ccc12. The summed E-state index contributed by atoms with van der Waals surface area (Å²) in [5, 5.41) is 10.1. The minimum atomic E-state index is 0.378. The molecule has 6 heteroatoms. The van der Waals surface area contributed by atoms with Crippen molar-refractivity contribution >= 4 is 39.7 Å². The molecular weight excluding hydrogens is 273 g/mol. The van der Waals surface area contributed by atoms with Crippen molar-refractivity contribution in [2.24, 2.45) is 0 Å². The molecule has 94 valence electrons. The summed E-state index contributed by atoms with van der Waals surface area (Å²) in [5.41, 5.74) is 1.11. The third-order valence-corrected chi connectivity index (χ3v) is 3.61. The van der Waals surface area contributed by atoms with Crippen molar-refractivity contribution in [3.63, 3.8) is 0 Å². The molecule has 1 aliphatic heterocycles. The Morgan fingerprint density at radius 3 is 2.39 bits per heavy atom. The van der Waals surface area contributed by atoms with Crippen molar-refractivity contribution in [2.45, 2.75) is 0 Å². The van der Waals surface area contributed by atoms with Crippen molar-refractivity contribution in [1.29, 1.82) is 0 Å². The number of ether oxygens (including phenoxy) is 1. The van der Waals surface area contributed by atoms with E-state index < -0.39 is 0 Å². The Morgan fingerprint density at radius 1 is 1.00 bits per heavy atom. The van der Waals surface area contributed by atoms with E-state index in [4.69, 9.17) is 27.9 Å². The maximum atomic E-state index is 6.06. The van der Waals surface area contributed by atoms with Gasteiger partial charge in [-0.05, 0) is 18.2 Å². The fraction of sp³-hybridized carbons (Fsp3) is 0.333. The van der Waals surface area contributed by atoms with Crippen LogP contribution in [0.15, 0.2) is 18.2 Å². The molecule has 0 bridgehead atoms. The van der Waals surface area contributed by atoms with Crippen LogP contribution in [0, 0.1) is 0 Å². The van der Waals surface area contributed by atoms with E-state index in [0.717, 1.165) is 42.8 Å². The minimum Gasteiger partial charge on any atom is -0.378 e. The lowest BCUT2D eigenvalue weighted by Gasteiger charge is -2.29. The zero-order valence-electron chi connectivity index (χ0n) is 9.57. The van der Waals surface area contributed by atoms with Crippen molar-refractivity contribution in [2.75, 3.05) is 31.2 Å². The summed E-state index contributed by atoms with van der Waals surface area (Å²) in [7, 11) is 0. The lowest BCUT2D eigenvalue weighted by molar-refractivity contribution is 0.122. The zero-order chi connectivity index (χ0) is 12.5. The molecule has 2 aromatic rings. The van der Waals surface area contributed by atoms with Crippen LogP contribution in [-0.4, -0.2) is 36.5 Å². The molecule has 0 spiro atoms. The number of hydrogen-bond donors (Lipinski definition) is 0. The second-order valence-corrected chi connectivity index (χ2v) is 4.83. The van der Waals surface area contributed by atoms with Gasteiger partial charge >= 0.3 is 0 Å². The highest BCUT2D eigenvalue weighted by Crippen LogP contribution is 2.30. The second-order valence-electron chi connectivity index (χ2n) is 4.11. The van der Waals surface area contributed by atoms with Crippen LogP contribution in [-0.2, 0) is 4.74 Å². The van der Waals surface area contributed by atoms with Gasteiger partial charge in [-0.25, -0.2) is 0 Å². The molecule has 1 saturated heterocycles. The van der Waals surface area contributed by atoms with Crippen LogP contribution in [0.3, 0.4) is 0 Å². The van der Waals surface area contributed by atoms with E-state index >= 15 is 0 Å². The molecule has 0 N–H and O–H groups in total. The topological polar surface area (TPSA) is 38.2 Å².